The lowest BCUT2D eigenvalue weighted by molar-refractivity contribution is -0.141. The number of hydrogen-bond donors (Lipinski definition) is 0. The SMILES string of the molecule is COC(=O)CN1C[C@@H]2C3CCC(C3)[C@@H]2C1. The second-order valence-corrected chi connectivity index (χ2v) is 5.43. The van der Waals surface area contributed by atoms with E-state index in [-0.39, 0.29) is 5.97 Å². The van der Waals surface area contributed by atoms with Crippen LogP contribution < -0.4 is 0 Å². The van der Waals surface area contributed by atoms with Crippen LogP contribution in [0.4, 0.5) is 0 Å². The first-order valence-electron chi connectivity index (χ1n) is 6.07. The van der Waals surface area contributed by atoms with Gasteiger partial charge in [0.15, 0.2) is 0 Å². The predicted molar refractivity (Wildman–Crippen MR) is 56.3 cm³/mol. The van der Waals surface area contributed by atoms with Crippen molar-refractivity contribution in [1.82, 2.24) is 4.90 Å². The zero-order valence-corrected chi connectivity index (χ0v) is 9.32. The smallest absolute Gasteiger partial charge is 0.319 e. The van der Waals surface area contributed by atoms with Crippen LogP contribution in [0.2, 0.25) is 0 Å². The summed E-state index contributed by atoms with van der Waals surface area (Å²) in [4.78, 5) is 13.5. The van der Waals surface area contributed by atoms with E-state index >= 15 is 0 Å². The summed E-state index contributed by atoms with van der Waals surface area (Å²) in [7, 11) is 1.48. The van der Waals surface area contributed by atoms with Gasteiger partial charge in [-0.15, -0.1) is 0 Å². The summed E-state index contributed by atoms with van der Waals surface area (Å²) in [6, 6.07) is 0. The van der Waals surface area contributed by atoms with Crippen LogP contribution in [0.1, 0.15) is 19.3 Å². The molecule has 0 aromatic heterocycles. The van der Waals surface area contributed by atoms with E-state index in [2.05, 4.69) is 4.90 Å². The minimum Gasteiger partial charge on any atom is -0.468 e. The van der Waals surface area contributed by atoms with Crippen molar-refractivity contribution in [2.75, 3.05) is 26.7 Å². The van der Waals surface area contributed by atoms with E-state index in [1.165, 1.54) is 26.4 Å². The van der Waals surface area contributed by atoms with Gasteiger partial charge in [-0.3, -0.25) is 9.69 Å². The second kappa shape index (κ2) is 3.48. The van der Waals surface area contributed by atoms with Gasteiger partial charge < -0.3 is 4.74 Å². The molecular formula is C12H19NO2. The Labute approximate surface area is 90.8 Å². The van der Waals surface area contributed by atoms with Crippen LogP contribution in [0, 0.1) is 23.7 Å². The molecule has 2 aliphatic carbocycles. The van der Waals surface area contributed by atoms with Crippen LogP contribution in [-0.4, -0.2) is 37.6 Å². The molecule has 3 nitrogen and oxygen atoms in total. The molecule has 1 aliphatic heterocycles. The van der Waals surface area contributed by atoms with Gasteiger partial charge >= 0.3 is 5.97 Å². The van der Waals surface area contributed by atoms with E-state index in [1.807, 2.05) is 0 Å². The molecule has 2 saturated carbocycles. The fraction of sp³-hybridized carbons (Fsp3) is 0.917. The van der Waals surface area contributed by atoms with Gasteiger partial charge in [-0.2, -0.15) is 0 Å². The Morgan fingerprint density at radius 1 is 1.27 bits per heavy atom. The highest BCUT2D eigenvalue weighted by Gasteiger charge is 2.51. The lowest BCUT2D eigenvalue weighted by atomic mass is 9.82. The van der Waals surface area contributed by atoms with E-state index in [4.69, 9.17) is 4.74 Å². The maximum Gasteiger partial charge on any atom is 0.319 e. The van der Waals surface area contributed by atoms with Gasteiger partial charge in [-0.1, -0.05) is 0 Å². The van der Waals surface area contributed by atoms with Crippen LogP contribution in [0.15, 0.2) is 0 Å². The van der Waals surface area contributed by atoms with Crippen molar-refractivity contribution >= 4 is 5.97 Å². The normalized spacial score (nSPS) is 43.3. The minimum atomic E-state index is -0.0812. The Balaban J connectivity index is 1.62. The number of nitrogens with zero attached hydrogens (tertiary/aromatic N) is 1. The standard InChI is InChI=1S/C12H19NO2/c1-15-12(14)7-13-5-10-8-2-3-9(4-8)11(10)6-13/h8-11H,2-7H2,1H3/t8?,9?,10-,11+. The van der Waals surface area contributed by atoms with Gasteiger partial charge in [-0.05, 0) is 42.9 Å². The van der Waals surface area contributed by atoms with Gasteiger partial charge in [0.05, 0.1) is 13.7 Å². The lowest BCUT2D eigenvalue weighted by Crippen LogP contribution is -2.29. The van der Waals surface area contributed by atoms with E-state index in [9.17, 15) is 4.79 Å². The number of esters is 1. The van der Waals surface area contributed by atoms with Crippen molar-refractivity contribution in [3.05, 3.63) is 0 Å². The Bertz CT molecular complexity index is 261. The summed E-state index contributed by atoms with van der Waals surface area (Å²) < 4.78 is 4.72. The van der Waals surface area contributed by atoms with Crippen molar-refractivity contribution in [2.24, 2.45) is 23.7 Å². The van der Waals surface area contributed by atoms with Gasteiger partial charge in [0, 0.05) is 13.1 Å². The number of carbonyl (C=O) groups is 1. The molecular weight excluding hydrogens is 190 g/mol. The van der Waals surface area contributed by atoms with Crippen molar-refractivity contribution < 1.29 is 9.53 Å². The molecule has 0 aromatic rings. The number of carbonyl (C=O) groups excluding carboxylic acids is 1. The maximum atomic E-state index is 11.2. The molecule has 1 heterocycles. The Hall–Kier alpha value is -0.570. The third kappa shape index (κ3) is 1.48. The molecule has 0 spiro atoms. The zero-order valence-electron chi connectivity index (χ0n) is 9.32. The lowest BCUT2D eigenvalue weighted by Gasteiger charge is -2.22. The van der Waals surface area contributed by atoms with E-state index in [1.54, 1.807) is 0 Å². The molecule has 84 valence electrons. The number of rotatable bonds is 2. The first kappa shape index (κ1) is 9.64. The first-order chi connectivity index (χ1) is 7.28. The summed E-state index contributed by atoms with van der Waals surface area (Å²) in [5.41, 5.74) is 0. The highest BCUT2D eigenvalue weighted by atomic mass is 16.5. The molecule has 2 bridgehead atoms. The van der Waals surface area contributed by atoms with Crippen LogP contribution in [0.5, 0.6) is 0 Å². The third-order valence-corrected chi connectivity index (χ3v) is 4.79. The summed E-state index contributed by atoms with van der Waals surface area (Å²) in [5.74, 6) is 3.66. The average molecular weight is 209 g/mol. The molecule has 2 unspecified atom stereocenters. The van der Waals surface area contributed by atoms with Crippen molar-refractivity contribution in [3.63, 3.8) is 0 Å². The Morgan fingerprint density at radius 3 is 2.40 bits per heavy atom. The van der Waals surface area contributed by atoms with Crippen molar-refractivity contribution in [1.29, 1.82) is 0 Å². The summed E-state index contributed by atoms with van der Waals surface area (Å²) in [6.07, 6.45) is 4.36. The van der Waals surface area contributed by atoms with Crippen LogP contribution >= 0.6 is 0 Å². The zero-order chi connectivity index (χ0) is 10.4. The molecule has 0 radical (unpaired) electrons. The Kier molecular flexibility index (Phi) is 2.23. The molecule has 0 amide bonds. The molecule has 3 heteroatoms. The summed E-state index contributed by atoms with van der Waals surface area (Å²) >= 11 is 0. The molecule has 1 saturated heterocycles. The van der Waals surface area contributed by atoms with Crippen molar-refractivity contribution in [3.8, 4) is 0 Å². The molecule has 3 rings (SSSR count). The summed E-state index contributed by atoms with van der Waals surface area (Å²) in [5, 5.41) is 0. The van der Waals surface area contributed by atoms with E-state index < -0.39 is 0 Å². The molecule has 15 heavy (non-hydrogen) atoms. The largest absolute Gasteiger partial charge is 0.468 e. The van der Waals surface area contributed by atoms with Crippen LogP contribution in [0.3, 0.4) is 0 Å². The molecule has 3 fully saturated rings. The van der Waals surface area contributed by atoms with Gasteiger partial charge in [0.2, 0.25) is 0 Å². The number of likely N-dealkylation sites (tertiary alicyclic amines) is 1. The summed E-state index contributed by atoms with van der Waals surface area (Å²) in [6.45, 7) is 2.78. The highest BCUT2D eigenvalue weighted by Crippen LogP contribution is 2.54. The number of methoxy groups -OCH3 is 1. The quantitative estimate of drug-likeness (QED) is 0.639. The van der Waals surface area contributed by atoms with Crippen LogP contribution in [-0.2, 0) is 9.53 Å². The average Bonchev–Trinajstić information content (AvgIpc) is 2.87. The molecule has 3 aliphatic rings. The van der Waals surface area contributed by atoms with Crippen LogP contribution in [0.25, 0.3) is 0 Å². The predicted octanol–water partition coefficient (Wildman–Crippen LogP) is 1.14. The molecule has 0 N–H and O–H groups in total. The number of ether oxygens (including phenoxy) is 1. The molecule has 0 aromatic carbocycles. The number of fused-ring (bicyclic) bond motifs is 5. The highest BCUT2D eigenvalue weighted by molar-refractivity contribution is 5.71. The third-order valence-electron chi connectivity index (χ3n) is 4.79. The number of hydrogen-bond acceptors (Lipinski definition) is 3. The fourth-order valence-electron chi connectivity index (χ4n) is 4.15. The maximum absolute atomic E-state index is 11.2. The second-order valence-electron chi connectivity index (χ2n) is 5.43. The monoisotopic (exact) mass is 209 g/mol. The van der Waals surface area contributed by atoms with E-state index in [0.717, 1.165) is 36.8 Å². The topological polar surface area (TPSA) is 29.5 Å². The molecule has 4 atom stereocenters. The minimum absolute atomic E-state index is 0.0812. The van der Waals surface area contributed by atoms with E-state index in [0.29, 0.717) is 6.54 Å². The fourth-order valence-corrected chi connectivity index (χ4v) is 4.15. The Morgan fingerprint density at radius 2 is 1.87 bits per heavy atom. The first-order valence-corrected chi connectivity index (χ1v) is 6.07. The van der Waals surface area contributed by atoms with Gasteiger partial charge in [0.1, 0.15) is 0 Å². The van der Waals surface area contributed by atoms with Gasteiger partial charge in [-0.25, -0.2) is 0 Å². The van der Waals surface area contributed by atoms with Gasteiger partial charge in [0.25, 0.3) is 0 Å². The van der Waals surface area contributed by atoms with Crippen molar-refractivity contribution in [2.45, 2.75) is 19.3 Å².